The summed E-state index contributed by atoms with van der Waals surface area (Å²) in [4.78, 5) is 11.9. The summed E-state index contributed by atoms with van der Waals surface area (Å²) in [6.07, 6.45) is 8.92. The van der Waals surface area contributed by atoms with Gasteiger partial charge in [0.15, 0.2) is 0 Å². The lowest BCUT2D eigenvalue weighted by molar-refractivity contribution is -0.0267. The number of aldehydes is 1. The number of ether oxygens (including phenoxy) is 1. The molecule has 0 N–H and O–H groups in total. The van der Waals surface area contributed by atoms with Crippen LogP contribution in [0.15, 0.2) is 29.2 Å². The molecule has 1 atom stereocenters. The Bertz CT molecular complexity index is 452. The summed E-state index contributed by atoms with van der Waals surface area (Å²) in [6, 6.07) is 7.81. The second kappa shape index (κ2) is 5.68. The van der Waals surface area contributed by atoms with Crippen LogP contribution in [0.4, 0.5) is 0 Å². The average molecular weight is 276 g/mol. The highest BCUT2D eigenvalue weighted by molar-refractivity contribution is 7.99. The number of hydrogen-bond donors (Lipinski definition) is 0. The molecular weight excluding hydrogens is 256 g/mol. The van der Waals surface area contributed by atoms with E-state index in [9.17, 15) is 4.79 Å². The van der Waals surface area contributed by atoms with Crippen molar-refractivity contribution in [1.82, 2.24) is 0 Å². The van der Waals surface area contributed by atoms with E-state index in [-0.39, 0.29) is 5.60 Å². The van der Waals surface area contributed by atoms with Crippen LogP contribution >= 0.6 is 11.8 Å². The Morgan fingerprint density at radius 1 is 1.32 bits per heavy atom. The highest BCUT2D eigenvalue weighted by Crippen LogP contribution is 2.44. The van der Waals surface area contributed by atoms with Gasteiger partial charge in [0.2, 0.25) is 0 Å². The fraction of sp³-hybridized carbons (Fsp3) is 0.562. The molecule has 1 aliphatic heterocycles. The molecule has 1 unspecified atom stereocenters. The summed E-state index contributed by atoms with van der Waals surface area (Å²) >= 11 is 1.81. The molecule has 2 fully saturated rings. The van der Waals surface area contributed by atoms with Gasteiger partial charge in [-0.05, 0) is 37.8 Å². The highest BCUT2D eigenvalue weighted by Gasteiger charge is 2.41. The number of thioether (sulfide) groups is 1. The standard InChI is InChI=1S/C16H20O2S/c17-11-13-4-3-5-15(10-13)19-12-14-6-9-16(18-14)7-1-2-8-16/h3-5,10-11,14H,1-2,6-9,12H2. The van der Waals surface area contributed by atoms with E-state index >= 15 is 0 Å². The quantitative estimate of drug-likeness (QED) is 0.612. The first-order chi connectivity index (χ1) is 9.30. The first-order valence-corrected chi connectivity index (χ1v) is 8.14. The molecule has 0 amide bonds. The maximum Gasteiger partial charge on any atom is 0.150 e. The predicted octanol–water partition coefficient (Wildman–Crippen LogP) is 4.08. The zero-order valence-electron chi connectivity index (χ0n) is 11.1. The van der Waals surface area contributed by atoms with Gasteiger partial charge in [-0.15, -0.1) is 11.8 Å². The second-order valence-electron chi connectivity index (χ2n) is 5.67. The van der Waals surface area contributed by atoms with Gasteiger partial charge in [-0.3, -0.25) is 4.79 Å². The SMILES string of the molecule is O=Cc1cccc(SCC2CCC3(CCCC3)O2)c1. The molecule has 1 heterocycles. The Balaban J connectivity index is 1.54. The Morgan fingerprint density at radius 3 is 2.95 bits per heavy atom. The molecule has 0 aromatic heterocycles. The van der Waals surface area contributed by atoms with Crippen molar-refractivity contribution >= 4 is 18.0 Å². The lowest BCUT2D eigenvalue weighted by Crippen LogP contribution is -2.25. The predicted molar refractivity (Wildman–Crippen MR) is 77.9 cm³/mol. The molecule has 1 spiro atoms. The van der Waals surface area contributed by atoms with Crippen LogP contribution in [0.5, 0.6) is 0 Å². The summed E-state index contributed by atoms with van der Waals surface area (Å²) in [7, 11) is 0. The van der Waals surface area contributed by atoms with Crippen molar-refractivity contribution in [2.24, 2.45) is 0 Å². The van der Waals surface area contributed by atoms with E-state index < -0.39 is 0 Å². The molecule has 2 nitrogen and oxygen atoms in total. The summed E-state index contributed by atoms with van der Waals surface area (Å²) in [5.74, 6) is 1.00. The van der Waals surface area contributed by atoms with Crippen molar-refractivity contribution in [3.8, 4) is 0 Å². The van der Waals surface area contributed by atoms with E-state index in [2.05, 4.69) is 6.07 Å². The molecular formula is C16H20O2S. The summed E-state index contributed by atoms with van der Waals surface area (Å²) in [6.45, 7) is 0. The second-order valence-corrected chi connectivity index (χ2v) is 6.76. The number of carbonyl (C=O) groups excluding carboxylic acids is 1. The van der Waals surface area contributed by atoms with Gasteiger partial charge in [-0.2, -0.15) is 0 Å². The molecule has 1 aliphatic carbocycles. The normalized spacial score (nSPS) is 24.9. The van der Waals surface area contributed by atoms with Crippen LogP contribution in [0.1, 0.15) is 48.9 Å². The van der Waals surface area contributed by atoms with Gasteiger partial charge in [0.1, 0.15) is 6.29 Å². The van der Waals surface area contributed by atoms with Gasteiger partial charge < -0.3 is 4.74 Å². The Morgan fingerprint density at radius 2 is 2.16 bits per heavy atom. The molecule has 1 saturated heterocycles. The molecule has 3 rings (SSSR count). The van der Waals surface area contributed by atoms with Gasteiger partial charge in [0, 0.05) is 16.2 Å². The third-order valence-corrected chi connectivity index (χ3v) is 5.41. The third kappa shape index (κ3) is 3.03. The van der Waals surface area contributed by atoms with Crippen molar-refractivity contribution in [3.05, 3.63) is 29.8 Å². The Labute approximate surface area is 118 Å². The van der Waals surface area contributed by atoms with Gasteiger partial charge in [-0.1, -0.05) is 25.0 Å². The zero-order valence-corrected chi connectivity index (χ0v) is 12.0. The molecule has 0 bridgehead atoms. The number of hydrogen-bond acceptors (Lipinski definition) is 3. The first-order valence-electron chi connectivity index (χ1n) is 7.16. The lowest BCUT2D eigenvalue weighted by atomic mass is 9.98. The van der Waals surface area contributed by atoms with Crippen molar-refractivity contribution in [2.75, 3.05) is 5.75 Å². The van der Waals surface area contributed by atoms with Gasteiger partial charge in [-0.25, -0.2) is 0 Å². The van der Waals surface area contributed by atoms with E-state index in [0.29, 0.717) is 6.10 Å². The summed E-state index contributed by atoms with van der Waals surface area (Å²) in [5, 5.41) is 0. The van der Waals surface area contributed by atoms with Crippen LogP contribution < -0.4 is 0 Å². The smallest absolute Gasteiger partial charge is 0.150 e. The molecule has 102 valence electrons. The minimum atomic E-state index is 0.232. The van der Waals surface area contributed by atoms with Crippen molar-refractivity contribution in [2.45, 2.75) is 55.1 Å². The number of carbonyl (C=O) groups is 1. The van der Waals surface area contributed by atoms with E-state index in [1.807, 2.05) is 18.2 Å². The van der Waals surface area contributed by atoms with E-state index in [1.54, 1.807) is 11.8 Å². The van der Waals surface area contributed by atoms with Gasteiger partial charge in [0.05, 0.1) is 11.7 Å². The van der Waals surface area contributed by atoms with Crippen molar-refractivity contribution < 1.29 is 9.53 Å². The zero-order chi connectivity index (χ0) is 13.1. The first kappa shape index (κ1) is 13.2. The fourth-order valence-corrected chi connectivity index (χ4v) is 4.27. The molecule has 0 radical (unpaired) electrons. The van der Waals surface area contributed by atoms with Gasteiger partial charge >= 0.3 is 0 Å². The summed E-state index contributed by atoms with van der Waals surface area (Å²) in [5.41, 5.74) is 0.986. The maximum atomic E-state index is 10.8. The van der Waals surface area contributed by atoms with Crippen LogP contribution in [-0.2, 0) is 4.74 Å². The van der Waals surface area contributed by atoms with Crippen LogP contribution in [0.25, 0.3) is 0 Å². The Kier molecular flexibility index (Phi) is 3.94. The summed E-state index contributed by atoms with van der Waals surface area (Å²) < 4.78 is 6.30. The lowest BCUT2D eigenvalue weighted by Gasteiger charge is -2.23. The van der Waals surface area contributed by atoms with Crippen LogP contribution in [-0.4, -0.2) is 23.7 Å². The minimum Gasteiger partial charge on any atom is -0.371 e. The molecule has 1 aromatic carbocycles. The van der Waals surface area contributed by atoms with E-state index in [4.69, 9.17) is 4.74 Å². The minimum absolute atomic E-state index is 0.232. The van der Waals surface area contributed by atoms with Gasteiger partial charge in [0.25, 0.3) is 0 Å². The van der Waals surface area contributed by atoms with E-state index in [1.165, 1.54) is 43.4 Å². The largest absolute Gasteiger partial charge is 0.371 e. The number of benzene rings is 1. The molecule has 1 aromatic rings. The Hall–Kier alpha value is -0.800. The third-order valence-electron chi connectivity index (χ3n) is 4.28. The monoisotopic (exact) mass is 276 g/mol. The number of rotatable bonds is 4. The van der Waals surface area contributed by atoms with Crippen LogP contribution in [0, 0.1) is 0 Å². The molecule has 1 saturated carbocycles. The molecule has 19 heavy (non-hydrogen) atoms. The fourth-order valence-electron chi connectivity index (χ4n) is 3.27. The molecule has 2 aliphatic rings. The van der Waals surface area contributed by atoms with Crippen molar-refractivity contribution in [1.29, 1.82) is 0 Å². The van der Waals surface area contributed by atoms with Crippen molar-refractivity contribution in [3.63, 3.8) is 0 Å². The highest BCUT2D eigenvalue weighted by atomic mass is 32.2. The van der Waals surface area contributed by atoms with Crippen LogP contribution in [0.2, 0.25) is 0 Å². The van der Waals surface area contributed by atoms with Crippen LogP contribution in [0.3, 0.4) is 0 Å². The maximum absolute atomic E-state index is 10.8. The molecule has 3 heteroatoms. The van der Waals surface area contributed by atoms with E-state index in [0.717, 1.165) is 17.6 Å². The topological polar surface area (TPSA) is 26.3 Å². The average Bonchev–Trinajstić information content (AvgIpc) is 3.08.